The Morgan fingerprint density at radius 2 is 1.63 bits per heavy atom. The van der Waals surface area contributed by atoms with Gasteiger partial charge < -0.3 is 4.74 Å². The molecule has 1 aromatic rings. The smallest absolute Gasteiger partial charge is 0.118 e. The van der Waals surface area contributed by atoms with Gasteiger partial charge in [0.25, 0.3) is 0 Å². The number of unbranched alkanes of at least 4 members (excludes halogenated alkanes) is 5. The molecule has 0 heterocycles. The zero-order chi connectivity index (χ0) is 13.9. The fraction of sp³-hybridized carbons (Fsp3) is 0.647. The van der Waals surface area contributed by atoms with Crippen LogP contribution in [0.2, 0.25) is 0 Å². The summed E-state index contributed by atoms with van der Waals surface area (Å²) in [5.74, 6) is 0.936. The topological polar surface area (TPSA) is 9.23 Å². The lowest BCUT2D eigenvalue weighted by Gasteiger charge is -2.10. The largest absolute Gasteiger partial charge is 0.497 e. The SMILES string of the molecule is CCCCCCCCC(Br)Cc1ccc(OC)cc1. The van der Waals surface area contributed by atoms with Crippen LogP contribution in [-0.2, 0) is 6.42 Å². The molecular formula is C17H27BrO. The van der Waals surface area contributed by atoms with Crippen molar-refractivity contribution in [2.45, 2.75) is 63.1 Å². The molecule has 0 amide bonds. The minimum Gasteiger partial charge on any atom is -0.497 e. The summed E-state index contributed by atoms with van der Waals surface area (Å²) < 4.78 is 5.17. The second-order valence-electron chi connectivity index (χ2n) is 5.21. The molecule has 2 heteroatoms. The predicted octanol–water partition coefficient (Wildman–Crippen LogP) is 5.75. The Bertz CT molecular complexity index is 321. The molecule has 1 unspecified atom stereocenters. The molecule has 0 aliphatic rings. The van der Waals surface area contributed by atoms with Crippen LogP contribution >= 0.6 is 15.9 Å². The van der Waals surface area contributed by atoms with Gasteiger partial charge in [-0.3, -0.25) is 0 Å². The Kier molecular flexibility index (Phi) is 8.98. The van der Waals surface area contributed by atoms with Gasteiger partial charge in [0.05, 0.1) is 7.11 Å². The molecule has 1 nitrogen and oxygen atoms in total. The van der Waals surface area contributed by atoms with E-state index >= 15 is 0 Å². The van der Waals surface area contributed by atoms with Gasteiger partial charge in [-0.15, -0.1) is 0 Å². The van der Waals surface area contributed by atoms with Crippen LogP contribution in [0.15, 0.2) is 24.3 Å². The van der Waals surface area contributed by atoms with Crippen molar-refractivity contribution in [1.82, 2.24) is 0 Å². The Morgan fingerprint density at radius 1 is 1.00 bits per heavy atom. The van der Waals surface area contributed by atoms with E-state index in [4.69, 9.17) is 4.74 Å². The highest BCUT2D eigenvalue weighted by molar-refractivity contribution is 9.09. The van der Waals surface area contributed by atoms with Crippen LogP contribution < -0.4 is 4.74 Å². The van der Waals surface area contributed by atoms with Crippen molar-refractivity contribution in [3.63, 3.8) is 0 Å². The van der Waals surface area contributed by atoms with Gasteiger partial charge in [0.15, 0.2) is 0 Å². The average Bonchev–Trinajstić information content (AvgIpc) is 2.43. The van der Waals surface area contributed by atoms with Crippen LogP contribution in [-0.4, -0.2) is 11.9 Å². The minimum atomic E-state index is 0.604. The molecule has 19 heavy (non-hydrogen) atoms. The van der Waals surface area contributed by atoms with Crippen LogP contribution in [0.25, 0.3) is 0 Å². The van der Waals surface area contributed by atoms with E-state index in [0.717, 1.165) is 12.2 Å². The van der Waals surface area contributed by atoms with Gasteiger partial charge in [-0.2, -0.15) is 0 Å². The lowest BCUT2D eigenvalue weighted by atomic mass is 10.0. The van der Waals surface area contributed by atoms with Crippen LogP contribution in [0.5, 0.6) is 5.75 Å². The summed E-state index contributed by atoms with van der Waals surface area (Å²) in [5, 5.41) is 0. The van der Waals surface area contributed by atoms with Crippen molar-refractivity contribution in [3.05, 3.63) is 29.8 Å². The van der Waals surface area contributed by atoms with E-state index < -0.39 is 0 Å². The van der Waals surface area contributed by atoms with Gasteiger partial charge >= 0.3 is 0 Å². The number of alkyl halides is 1. The average molecular weight is 327 g/mol. The maximum absolute atomic E-state index is 5.17. The summed E-state index contributed by atoms with van der Waals surface area (Å²) in [7, 11) is 1.71. The van der Waals surface area contributed by atoms with Crippen molar-refractivity contribution in [1.29, 1.82) is 0 Å². The molecule has 0 spiro atoms. The number of hydrogen-bond acceptors (Lipinski definition) is 1. The first-order valence-corrected chi connectivity index (χ1v) is 8.44. The first-order chi connectivity index (χ1) is 9.26. The zero-order valence-corrected chi connectivity index (χ0v) is 13.9. The highest BCUT2D eigenvalue weighted by Gasteiger charge is 2.05. The minimum absolute atomic E-state index is 0.604. The van der Waals surface area contributed by atoms with Gasteiger partial charge in [0.1, 0.15) is 5.75 Å². The van der Waals surface area contributed by atoms with E-state index in [2.05, 4.69) is 35.0 Å². The molecule has 0 saturated carbocycles. The van der Waals surface area contributed by atoms with Gasteiger partial charge in [0, 0.05) is 4.83 Å². The molecular weight excluding hydrogens is 300 g/mol. The molecule has 0 aromatic heterocycles. The summed E-state index contributed by atoms with van der Waals surface area (Å²) in [6, 6.07) is 8.41. The Balaban J connectivity index is 2.14. The molecule has 0 radical (unpaired) electrons. The van der Waals surface area contributed by atoms with Crippen molar-refractivity contribution in [2.75, 3.05) is 7.11 Å². The number of methoxy groups -OCH3 is 1. The quantitative estimate of drug-likeness (QED) is 0.392. The highest BCUT2D eigenvalue weighted by Crippen LogP contribution is 2.19. The number of ether oxygens (including phenoxy) is 1. The second-order valence-corrected chi connectivity index (χ2v) is 6.50. The molecule has 0 fully saturated rings. The highest BCUT2D eigenvalue weighted by atomic mass is 79.9. The van der Waals surface area contributed by atoms with E-state index in [1.165, 1.54) is 50.5 Å². The monoisotopic (exact) mass is 326 g/mol. The number of halogens is 1. The Labute approximate surface area is 126 Å². The first-order valence-electron chi connectivity index (χ1n) is 7.53. The third-order valence-corrected chi connectivity index (χ3v) is 4.27. The van der Waals surface area contributed by atoms with Crippen LogP contribution in [0.3, 0.4) is 0 Å². The summed E-state index contributed by atoms with van der Waals surface area (Å²) in [6.07, 6.45) is 10.6. The third kappa shape index (κ3) is 7.61. The summed E-state index contributed by atoms with van der Waals surface area (Å²) in [5.41, 5.74) is 1.38. The van der Waals surface area contributed by atoms with Gasteiger partial charge in [-0.1, -0.05) is 73.5 Å². The van der Waals surface area contributed by atoms with E-state index in [1.54, 1.807) is 7.11 Å². The summed E-state index contributed by atoms with van der Waals surface area (Å²) >= 11 is 3.80. The maximum Gasteiger partial charge on any atom is 0.118 e. The van der Waals surface area contributed by atoms with Crippen LogP contribution in [0, 0.1) is 0 Å². The van der Waals surface area contributed by atoms with Crippen molar-refractivity contribution in [2.24, 2.45) is 0 Å². The molecule has 0 aliphatic carbocycles. The predicted molar refractivity (Wildman–Crippen MR) is 87.4 cm³/mol. The van der Waals surface area contributed by atoms with Gasteiger partial charge in [0.2, 0.25) is 0 Å². The molecule has 1 atom stereocenters. The first kappa shape index (κ1) is 16.6. The second kappa shape index (κ2) is 10.3. The van der Waals surface area contributed by atoms with Crippen LogP contribution in [0.1, 0.15) is 57.4 Å². The standard InChI is InChI=1S/C17H27BrO/c1-3-4-5-6-7-8-9-16(18)14-15-10-12-17(19-2)13-11-15/h10-13,16H,3-9,14H2,1-2H3. The van der Waals surface area contributed by atoms with E-state index in [-0.39, 0.29) is 0 Å². The van der Waals surface area contributed by atoms with E-state index in [0.29, 0.717) is 4.83 Å². The number of hydrogen-bond donors (Lipinski definition) is 0. The molecule has 1 rings (SSSR count). The normalized spacial score (nSPS) is 12.4. The number of benzene rings is 1. The molecule has 0 saturated heterocycles. The maximum atomic E-state index is 5.17. The van der Waals surface area contributed by atoms with Gasteiger partial charge in [-0.25, -0.2) is 0 Å². The zero-order valence-electron chi connectivity index (χ0n) is 12.3. The third-order valence-electron chi connectivity index (χ3n) is 3.49. The fourth-order valence-corrected chi connectivity index (χ4v) is 2.96. The van der Waals surface area contributed by atoms with Crippen LogP contribution in [0.4, 0.5) is 0 Å². The van der Waals surface area contributed by atoms with E-state index in [1.807, 2.05) is 12.1 Å². The van der Waals surface area contributed by atoms with Crippen molar-refractivity contribution in [3.8, 4) is 5.75 Å². The lowest BCUT2D eigenvalue weighted by Crippen LogP contribution is -2.02. The Morgan fingerprint density at radius 3 is 2.26 bits per heavy atom. The molecule has 0 N–H and O–H groups in total. The molecule has 0 aliphatic heterocycles. The molecule has 1 aromatic carbocycles. The number of rotatable bonds is 10. The lowest BCUT2D eigenvalue weighted by molar-refractivity contribution is 0.414. The van der Waals surface area contributed by atoms with Crippen molar-refractivity contribution < 1.29 is 4.74 Å². The summed E-state index contributed by atoms with van der Waals surface area (Å²) in [6.45, 7) is 2.27. The molecule has 0 bridgehead atoms. The van der Waals surface area contributed by atoms with Crippen molar-refractivity contribution >= 4 is 15.9 Å². The Hall–Kier alpha value is -0.500. The fourth-order valence-electron chi connectivity index (χ4n) is 2.27. The van der Waals surface area contributed by atoms with Gasteiger partial charge in [-0.05, 0) is 30.5 Å². The molecule has 108 valence electrons. The van der Waals surface area contributed by atoms with E-state index in [9.17, 15) is 0 Å². The summed E-state index contributed by atoms with van der Waals surface area (Å²) in [4.78, 5) is 0.604.